The molecular weight excluding hydrogens is 365 g/mol. The second-order valence-corrected chi connectivity index (χ2v) is 7.35. The molecule has 0 unspecified atom stereocenters. The second-order valence-electron chi connectivity index (χ2n) is 6.44. The van der Waals surface area contributed by atoms with Crippen LogP contribution < -0.4 is 10.1 Å². The molecule has 4 nitrogen and oxygen atoms in total. The Morgan fingerprint density at radius 1 is 1.27 bits per heavy atom. The van der Waals surface area contributed by atoms with E-state index in [1.807, 2.05) is 18.4 Å². The molecule has 3 rings (SSSR count). The third kappa shape index (κ3) is 4.75. The third-order valence-corrected chi connectivity index (χ3v) is 5.36. The number of nitrogens with zero attached hydrogens (tertiary/aromatic N) is 1. The quantitative estimate of drug-likeness (QED) is 0.839. The molecule has 1 amide bonds. The van der Waals surface area contributed by atoms with E-state index in [9.17, 15) is 18.0 Å². The number of aryl methyl sites for hydroxylation is 1. The molecule has 1 saturated carbocycles. The molecule has 0 aromatic carbocycles. The Morgan fingerprint density at radius 2 is 2.00 bits per heavy atom. The van der Waals surface area contributed by atoms with Gasteiger partial charge >= 0.3 is 6.18 Å². The Bertz CT molecular complexity index is 751. The highest BCUT2D eigenvalue weighted by molar-refractivity contribution is 7.12. The topological polar surface area (TPSA) is 51.2 Å². The van der Waals surface area contributed by atoms with Gasteiger partial charge in [0.15, 0.2) is 0 Å². The number of halogens is 3. The number of ether oxygens (including phenoxy) is 1. The number of alkyl halides is 3. The minimum atomic E-state index is -4.40. The summed E-state index contributed by atoms with van der Waals surface area (Å²) in [5.41, 5.74) is 0.279. The Morgan fingerprint density at radius 3 is 2.54 bits per heavy atom. The number of carbonyl (C=O) groups excluding carboxylic acids is 1. The summed E-state index contributed by atoms with van der Waals surface area (Å²) < 4.78 is 43.3. The van der Waals surface area contributed by atoms with E-state index < -0.39 is 11.7 Å². The number of hydrogen-bond donors (Lipinski definition) is 1. The molecule has 2 heterocycles. The van der Waals surface area contributed by atoms with Gasteiger partial charge in [-0.25, -0.2) is 4.98 Å². The number of nitrogens with one attached hydrogen (secondary N) is 1. The fraction of sp³-hybridized carbons (Fsp3) is 0.444. The van der Waals surface area contributed by atoms with Gasteiger partial charge < -0.3 is 10.1 Å². The van der Waals surface area contributed by atoms with Gasteiger partial charge in [-0.15, -0.1) is 11.3 Å². The zero-order valence-electron chi connectivity index (χ0n) is 14.2. The third-order valence-electron chi connectivity index (χ3n) is 4.31. The number of hydrogen-bond acceptors (Lipinski definition) is 4. The van der Waals surface area contributed by atoms with Crippen molar-refractivity contribution in [3.05, 3.63) is 45.8 Å². The fourth-order valence-corrected chi connectivity index (χ4v) is 3.72. The highest BCUT2D eigenvalue weighted by Crippen LogP contribution is 2.30. The largest absolute Gasteiger partial charge is 0.474 e. The van der Waals surface area contributed by atoms with Crippen LogP contribution in [0.4, 0.5) is 13.2 Å². The van der Waals surface area contributed by atoms with Gasteiger partial charge in [-0.1, -0.05) is 0 Å². The summed E-state index contributed by atoms with van der Waals surface area (Å²) in [7, 11) is 0. The van der Waals surface area contributed by atoms with Crippen LogP contribution in [0.2, 0.25) is 0 Å². The van der Waals surface area contributed by atoms with Gasteiger partial charge in [-0.2, -0.15) is 13.2 Å². The molecule has 0 saturated heterocycles. The predicted octanol–water partition coefficient (Wildman–Crippen LogP) is 4.59. The van der Waals surface area contributed by atoms with Crippen molar-refractivity contribution < 1.29 is 22.7 Å². The summed E-state index contributed by atoms with van der Waals surface area (Å²) in [6, 6.07) is 4.17. The number of pyridine rings is 1. The molecule has 2 aromatic heterocycles. The van der Waals surface area contributed by atoms with E-state index in [1.54, 1.807) is 0 Å². The average Bonchev–Trinajstić information content (AvgIpc) is 3.03. The summed E-state index contributed by atoms with van der Waals surface area (Å²) in [5, 5.41) is 4.97. The van der Waals surface area contributed by atoms with E-state index >= 15 is 0 Å². The van der Waals surface area contributed by atoms with Crippen LogP contribution in [-0.2, 0) is 6.18 Å². The van der Waals surface area contributed by atoms with E-state index in [1.165, 1.54) is 17.4 Å². The van der Waals surface area contributed by atoms with Crippen LogP contribution in [0.5, 0.6) is 5.88 Å². The van der Waals surface area contributed by atoms with Gasteiger partial charge in [-0.3, -0.25) is 4.79 Å². The zero-order chi connectivity index (χ0) is 18.7. The van der Waals surface area contributed by atoms with Gasteiger partial charge in [0.1, 0.15) is 6.10 Å². The maximum Gasteiger partial charge on any atom is 0.417 e. The Balaban J connectivity index is 1.47. The van der Waals surface area contributed by atoms with E-state index in [0.717, 1.165) is 43.5 Å². The molecule has 1 aliphatic carbocycles. The number of aromatic nitrogens is 1. The van der Waals surface area contributed by atoms with E-state index in [0.29, 0.717) is 4.88 Å². The van der Waals surface area contributed by atoms with Crippen LogP contribution >= 0.6 is 11.3 Å². The maximum atomic E-state index is 12.5. The number of carbonyl (C=O) groups is 1. The van der Waals surface area contributed by atoms with Gasteiger partial charge in [-0.05, 0) is 55.7 Å². The SMILES string of the molecule is Cc1csc(C(=O)NC2CCC(Oc3ccc(C(F)(F)F)cn3)CC2)c1. The first-order valence-electron chi connectivity index (χ1n) is 8.37. The summed E-state index contributed by atoms with van der Waals surface area (Å²) in [6.07, 6.45) is -0.749. The van der Waals surface area contributed by atoms with Crippen molar-refractivity contribution in [1.29, 1.82) is 0 Å². The molecular formula is C18H19F3N2O2S. The van der Waals surface area contributed by atoms with Crippen molar-refractivity contribution in [2.45, 2.75) is 50.9 Å². The number of rotatable bonds is 4. The lowest BCUT2D eigenvalue weighted by molar-refractivity contribution is -0.137. The van der Waals surface area contributed by atoms with Crippen molar-refractivity contribution in [3.63, 3.8) is 0 Å². The van der Waals surface area contributed by atoms with Crippen LogP contribution in [0, 0.1) is 6.92 Å². The molecule has 0 bridgehead atoms. The molecule has 140 valence electrons. The molecule has 0 spiro atoms. The molecule has 0 radical (unpaired) electrons. The molecule has 2 aromatic rings. The van der Waals surface area contributed by atoms with E-state index in [-0.39, 0.29) is 23.9 Å². The molecule has 0 atom stereocenters. The van der Waals surface area contributed by atoms with Gasteiger partial charge in [0, 0.05) is 18.3 Å². The molecule has 26 heavy (non-hydrogen) atoms. The van der Waals surface area contributed by atoms with Crippen LogP contribution in [-0.4, -0.2) is 23.0 Å². The lowest BCUT2D eigenvalue weighted by atomic mass is 9.93. The lowest BCUT2D eigenvalue weighted by Crippen LogP contribution is -2.39. The molecule has 8 heteroatoms. The molecule has 1 fully saturated rings. The highest BCUT2D eigenvalue weighted by Gasteiger charge is 2.31. The Hall–Kier alpha value is -2.09. The van der Waals surface area contributed by atoms with Crippen LogP contribution in [0.25, 0.3) is 0 Å². The van der Waals surface area contributed by atoms with Gasteiger partial charge in [0.25, 0.3) is 5.91 Å². The standard InChI is InChI=1S/C18H19F3N2O2S/c1-11-8-15(26-10-11)17(24)23-13-3-5-14(6-4-13)25-16-7-2-12(9-22-16)18(19,20)21/h2,7-10,13-14H,3-6H2,1H3,(H,23,24). The van der Waals surface area contributed by atoms with E-state index in [2.05, 4.69) is 10.3 Å². The first kappa shape index (κ1) is 18.7. The maximum absolute atomic E-state index is 12.5. The average molecular weight is 384 g/mol. The van der Waals surface area contributed by atoms with Crippen molar-refractivity contribution in [2.75, 3.05) is 0 Å². The van der Waals surface area contributed by atoms with Gasteiger partial charge in [0.2, 0.25) is 5.88 Å². The number of thiophene rings is 1. The minimum Gasteiger partial charge on any atom is -0.474 e. The first-order chi connectivity index (χ1) is 12.3. The van der Waals surface area contributed by atoms with Crippen molar-refractivity contribution in [3.8, 4) is 5.88 Å². The summed E-state index contributed by atoms with van der Waals surface area (Å²) in [6.45, 7) is 1.95. The smallest absolute Gasteiger partial charge is 0.417 e. The van der Waals surface area contributed by atoms with Crippen molar-refractivity contribution >= 4 is 17.2 Å². The summed E-state index contributed by atoms with van der Waals surface area (Å²) >= 11 is 1.43. The molecule has 1 N–H and O–H groups in total. The first-order valence-corrected chi connectivity index (χ1v) is 9.25. The van der Waals surface area contributed by atoms with Crippen molar-refractivity contribution in [2.24, 2.45) is 0 Å². The lowest BCUT2D eigenvalue weighted by Gasteiger charge is -2.29. The zero-order valence-corrected chi connectivity index (χ0v) is 15.0. The Kier molecular flexibility index (Phi) is 5.50. The predicted molar refractivity (Wildman–Crippen MR) is 92.4 cm³/mol. The minimum absolute atomic E-state index is 0.0584. The molecule has 0 aliphatic heterocycles. The van der Waals surface area contributed by atoms with Crippen LogP contribution in [0.3, 0.4) is 0 Å². The Labute approximate surface area is 153 Å². The van der Waals surface area contributed by atoms with Gasteiger partial charge in [0.05, 0.1) is 10.4 Å². The molecule has 1 aliphatic rings. The number of amides is 1. The monoisotopic (exact) mass is 384 g/mol. The fourth-order valence-electron chi connectivity index (χ4n) is 2.92. The second kappa shape index (κ2) is 7.65. The highest BCUT2D eigenvalue weighted by atomic mass is 32.1. The summed E-state index contributed by atoms with van der Waals surface area (Å²) in [4.78, 5) is 16.6. The normalized spacial score (nSPS) is 20.6. The van der Waals surface area contributed by atoms with Crippen LogP contribution in [0.1, 0.15) is 46.5 Å². The van der Waals surface area contributed by atoms with Crippen LogP contribution in [0.15, 0.2) is 29.8 Å². The van der Waals surface area contributed by atoms with Crippen molar-refractivity contribution in [1.82, 2.24) is 10.3 Å². The summed E-state index contributed by atoms with van der Waals surface area (Å²) in [5.74, 6) is 0.136. The van der Waals surface area contributed by atoms with E-state index in [4.69, 9.17) is 4.74 Å².